The minimum absolute atomic E-state index is 0.0470. The zero-order valence-electron chi connectivity index (χ0n) is 12.8. The lowest BCUT2D eigenvalue weighted by Gasteiger charge is -2.38. The number of para-hydroxylation sites is 1. The molecule has 1 aromatic carbocycles. The van der Waals surface area contributed by atoms with Crippen molar-refractivity contribution < 1.29 is 9.53 Å². The van der Waals surface area contributed by atoms with Crippen LogP contribution >= 0.6 is 0 Å². The number of piperidine rings is 1. The van der Waals surface area contributed by atoms with Gasteiger partial charge in [0.15, 0.2) is 0 Å². The molecule has 2 aliphatic heterocycles. The highest BCUT2D eigenvalue weighted by Crippen LogP contribution is 2.27. The molecule has 4 heteroatoms. The molecule has 21 heavy (non-hydrogen) atoms. The van der Waals surface area contributed by atoms with Crippen molar-refractivity contribution >= 4 is 11.6 Å². The second-order valence-electron chi connectivity index (χ2n) is 6.26. The van der Waals surface area contributed by atoms with E-state index in [2.05, 4.69) is 24.4 Å². The van der Waals surface area contributed by atoms with Gasteiger partial charge in [-0.25, -0.2) is 0 Å². The summed E-state index contributed by atoms with van der Waals surface area (Å²) < 4.78 is 5.52. The lowest BCUT2D eigenvalue weighted by atomic mass is 9.90. The number of methoxy groups -OCH3 is 1. The van der Waals surface area contributed by atoms with E-state index >= 15 is 0 Å². The summed E-state index contributed by atoms with van der Waals surface area (Å²) in [6, 6.07) is 8.26. The monoisotopic (exact) mass is 288 g/mol. The zero-order chi connectivity index (χ0) is 14.8. The lowest BCUT2D eigenvalue weighted by Crippen LogP contribution is -2.50. The molecule has 0 spiro atoms. The summed E-state index contributed by atoms with van der Waals surface area (Å²) >= 11 is 0. The summed E-state index contributed by atoms with van der Waals surface area (Å²) in [6.07, 6.45) is 2.04. The molecule has 3 atom stereocenters. The number of benzene rings is 1. The molecule has 1 fully saturated rings. The second kappa shape index (κ2) is 6.06. The Morgan fingerprint density at radius 2 is 2.19 bits per heavy atom. The highest BCUT2D eigenvalue weighted by Gasteiger charge is 2.33. The third kappa shape index (κ3) is 2.91. The van der Waals surface area contributed by atoms with Crippen LogP contribution in [-0.2, 0) is 16.0 Å². The van der Waals surface area contributed by atoms with Crippen molar-refractivity contribution in [1.29, 1.82) is 0 Å². The summed E-state index contributed by atoms with van der Waals surface area (Å²) in [6.45, 7) is 4.53. The first kappa shape index (κ1) is 14.4. The first-order valence-electron chi connectivity index (χ1n) is 7.82. The van der Waals surface area contributed by atoms with Gasteiger partial charge in [0.25, 0.3) is 0 Å². The van der Waals surface area contributed by atoms with E-state index in [0.29, 0.717) is 5.92 Å². The predicted molar refractivity (Wildman–Crippen MR) is 83.3 cm³/mol. The van der Waals surface area contributed by atoms with Crippen molar-refractivity contribution in [3.05, 3.63) is 29.8 Å². The molecule has 1 aromatic rings. The van der Waals surface area contributed by atoms with E-state index in [0.717, 1.165) is 32.5 Å². The van der Waals surface area contributed by atoms with Gasteiger partial charge in [-0.2, -0.15) is 0 Å². The van der Waals surface area contributed by atoms with Crippen LogP contribution in [0.4, 0.5) is 5.69 Å². The van der Waals surface area contributed by atoms with Gasteiger partial charge in [0, 0.05) is 32.4 Å². The van der Waals surface area contributed by atoms with Crippen LogP contribution in [0.1, 0.15) is 18.9 Å². The van der Waals surface area contributed by atoms with E-state index in [1.54, 1.807) is 7.11 Å². The fraction of sp³-hybridized carbons (Fsp3) is 0.588. The highest BCUT2D eigenvalue weighted by atomic mass is 16.5. The molecule has 0 radical (unpaired) electrons. The Morgan fingerprint density at radius 1 is 1.38 bits per heavy atom. The summed E-state index contributed by atoms with van der Waals surface area (Å²) in [5.41, 5.74) is 2.42. The number of carbonyl (C=O) groups is 1. The van der Waals surface area contributed by atoms with Crippen molar-refractivity contribution in [1.82, 2.24) is 4.90 Å². The maximum absolute atomic E-state index is 12.8. The Labute approximate surface area is 126 Å². The largest absolute Gasteiger partial charge is 0.384 e. The van der Waals surface area contributed by atoms with E-state index in [1.807, 2.05) is 17.0 Å². The number of nitrogens with zero attached hydrogens (tertiary/aromatic N) is 1. The molecule has 0 saturated carbocycles. The number of anilines is 1. The molecule has 1 N–H and O–H groups in total. The maximum Gasteiger partial charge on any atom is 0.227 e. The number of ether oxygens (including phenoxy) is 1. The van der Waals surface area contributed by atoms with Crippen molar-refractivity contribution in [2.45, 2.75) is 25.9 Å². The van der Waals surface area contributed by atoms with Crippen LogP contribution < -0.4 is 5.32 Å². The molecule has 4 nitrogen and oxygen atoms in total. The Bertz CT molecular complexity index is 517. The van der Waals surface area contributed by atoms with Crippen LogP contribution in [-0.4, -0.2) is 43.7 Å². The number of amides is 1. The summed E-state index contributed by atoms with van der Waals surface area (Å²) in [4.78, 5) is 14.8. The Kier molecular flexibility index (Phi) is 4.15. The van der Waals surface area contributed by atoms with Crippen LogP contribution in [0, 0.1) is 11.8 Å². The smallest absolute Gasteiger partial charge is 0.227 e. The van der Waals surface area contributed by atoms with E-state index < -0.39 is 0 Å². The molecule has 1 amide bonds. The molecule has 2 heterocycles. The van der Waals surface area contributed by atoms with E-state index in [-0.39, 0.29) is 17.9 Å². The third-order valence-corrected chi connectivity index (χ3v) is 4.88. The van der Waals surface area contributed by atoms with E-state index in [1.165, 1.54) is 11.3 Å². The molecule has 0 bridgehead atoms. The topological polar surface area (TPSA) is 41.6 Å². The second-order valence-corrected chi connectivity index (χ2v) is 6.26. The van der Waals surface area contributed by atoms with Crippen molar-refractivity contribution in [2.75, 3.05) is 32.1 Å². The van der Waals surface area contributed by atoms with Gasteiger partial charge in [-0.3, -0.25) is 4.79 Å². The van der Waals surface area contributed by atoms with Crippen LogP contribution in [0.15, 0.2) is 24.3 Å². The molecule has 114 valence electrons. The average molecular weight is 288 g/mol. The minimum Gasteiger partial charge on any atom is -0.384 e. The highest BCUT2D eigenvalue weighted by molar-refractivity contribution is 5.81. The SMILES string of the molecule is COC1CN(C(=O)C2CNc3ccccc3C2)CCC1C. The van der Waals surface area contributed by atoms with Crippen LogP contribution in [0.5, 0.6) is 0 Å². The number of hydrogen-bond acceptors (Lipinski definition) is 3. The van der Waals surface area contributed by atoms with E-state index in [4.69, 9.17) is 4.74 Å². The maximum atomic E-state index is 12.8. The van der Waals surface area contributed by atoms with E-state index in [9.17, 15) is 4.79 Å². The number of hydrogen-bond donors (Lipinski definition) is 1. The van der Waals surface area contributed by atoms with Crippen molar-refractivity contribution in [2.24, 2.45) is 11.8 Å². The first-order valence-corrected chi connectivity index (χ1v) is 7.82. The van der Waals surface area contributed by atoms with Gasteiger partial charge < -0.3 is 15.0 Å². The molecule has 3 unspecified atom stereocenters. The van der Waals surface area contributed by atoms with Gasteiger partial charge in [-0.05, 0) is 30.4 Å². The molecule has 0 aromatic heterocycles. The van der Waals surface area contributed by atoms with Gasteiger partial charge in [-0.1, -0.05) is 25.1 Å². The molecule has 3 rings (SSSR count). The number of likely N-dealkylation sites (tertiary alicyclic amines) is 1. The van der Waals surface area contributed by atoms with Gasteiger partial charge in [0.2, 0.25) is 5.91 Å². The Morgan fingerprint density at radius 3 is 3.00 bits per heavy atom. The zero-order valence-corrected chi connectivity index (χ0v) is 12.8. The van der Waals surface area contributed by atoms with Gasteiger partial charge in [-0.15, -0.1) is 0 Å². The number of rotatable bonds is 2. The first-order chi connectivity index (χ1) is 10.2. The minimum atomic E-state index is 0.0470. The Balaban J connectivity index is 1.67. The summed E-state index contributed by atoms with van der Waals surface area (Å²) in [5.74, 6) is 0.848. The normalized spacial score (nSPS) is 28.7. The number of nitrogens with one attached hydrogen (secondary N) is 1. The van der Waals surface area contributed by atoms with Gasteiger partial charge in [0.1, 0.15) is 0 Å². The Hall–Kier alpha value is -1.55. The van der Waals surface area contributed by atoms with Gasteiger partial charge >= 0.3 is 0 Å². The third-order valence-electron chi connectivity index (χ3n) is 4.88. The molecular weight excluding hydrogens is 264 g/mol. The van der Waals surface area contributed by atoms with Crippen LogP contribution in [0.3, 0.4) is 0 Å². The predicted octanol–water partition coefficient (Wildman–Crippen LogP) is 2.15. The quantitative estimate of drug-likeness (QED) is 0.906. The van der Waals surface area contributed by atoms with Gasteiger partial charge in [0.05, 0.1) is 12.0 Å². The fourth-order valence-electron chi connectivity index (χ4n) is 3.42. The van der Waals surface area contributed by atoms with Crippen molar-refractivity contribution in [3.8, 4) is 0 Å². The average Bonchev–Trinajstić information content (AvgIpc) is 2.54. The standard InChI is InChI=1S/C17H24N2O2/c1-12-7-8-19(11-16(12)21-2)17(20)14-9-13-5-3-4-6-15(13)18-10-14/h3-6,12,14,16,18H,7-11H2,1-2H3. The number of carbonyl (C=O) groups excluding carboxylic acids is 1. The molecule has 2 aliphatic rings. The molecule has 0 aliphatic carbocycles. The lowest BCUT2D eigenvalue weighted by molar-refractivity contribution is -0.140. The van der Waals surface area contributed by atoms with Crippen molar-refractivity contribution in [3.63, 3.8) is 0 Å². The summed E-state index contributed by atoms with van der Waals surface area (Å²) in [7, 11) is 1.74. The van der Waals surface area contributed by atoms with Crippen LogP contribution in [0.25, 0.3) is 0 Å². The molecular formula is C17H24N2O2. The summed E-state index contributed by atoms with van der Waals surface area (Å²) in [5, 5.41) is 3.39. The fourth-order valence-corrected chi connectivity index (χ4v) is 3.42. The number of fused-ring (bicyclic) bond motifs is 1. The molecule has 1 saturated heterocycles. The van der Waals surface area contributed by atoms with Crippen LogP contribution in [0.2, 0.25) is 0 Å².